The predicted molar refractivity (Wildman–Crippen MR) is 120 cm³/mol. The summed E-state index contributed by atoms with van der Waals surface area (Å²) in [7, 11) is 3.06. The lowest BCUT2D eigenvalue weighted by Crippen LogP contribution is -2.32. The highest BCUT2D eigenvalue weighted by atomic mass is 19.1. The summed E-state index contributed by atoms with van der Waals surface area (Å²) in [5.41, 5.74) is 2.54. The fraction of sp³-hybridized carbons (Fsp3) is 0.120. The van der Waals surface area contributed by atoms with Crippen molar-refractivity contribution in [2.75, 3.05) is 24.4 Å². The van der Waals surface area contributed by atoms with Gasteiger partial charge < -0.3 is 14.8 Å². The number of rotatable bonds is 6. The molecule has 0 aromatic heterocycles. The highest BCUT2D eigenvalue weighted by molar-refractivity contribution is 6.46. The van der Waals surface area contributed by atoms with Crippen molar-refractivity contribution < 1.29 is 23.5 Å². The Balaban J connectivity index is 1.83. The number of imide groups is 1. The first-order chi connectivity index (χ1) is 15.4. The number of amides is 2. The molecular weight excluding hydrogens is 411 g/mol. The number of halogens is 1. The number of benzene rings is 3. The van der Waals surface area contributed by atoms with Crippen molar-refractivity contribution in [2.45, 2.75) is 6.92 Å². The fourth-order valence-electron chi connectivity index (χ4n) is 3.55. The van der Waals surface area contributed by atoms with Gasteiger partial charge in [0.1, 0.15) is 23.0 Å². The lowest BCUT2D eigenvalue weighted by molar-refractivity contribution is -0.120. The van der Waals surface area contributed by atoms with E-state index in [1.54, 1.807) is 30.3 Å². The van der Waals surface area contributed by atoms with Gasteiger partial charge in [-0.2, -0.15) is 0 Å². The van der Waals surface area contributed by atoms with Crippen LogP contribution >= 0.6 is 0 Å². The highest BCUT2D eigenvalue weighted by Crippen LogP contribution is 2.36. The zero-order chi connectivity index (χ0) is 22.8. The summed E-state index contributed by atoms with van der Waals surface area (Å²) in [6.07, 6.45) is 0. The van der Waals surface area contributed by atoms with Crippen LogP contribution in [0, 0.1) is 12.7 Å². The van der Waals surface area contributed by atoms with Gasteiger partial charge in [0.25, 0.3) is 11.8 Å². The molecule has 3 aromatic carbocycles. The topological polar surface area (TPSA) is 67.9 Å². The molecule has 0 radical (unpaired) electrons. The van der Waals surface area contributed by atoms with Gasteiger partial charge >= 0.3 is 0 Å². The Kier molecular flexibility index (Phi) is 5.64. The maximum absolute atomic E-state index is 13.5. The summed E-state index contributed by atoms with van der Waals surface area (Å²) in [6.45, 7) is 1.91. The van der Waals surface area contributed by atoms with E-state index in [0.717, 1.165) is 10.5 Å². The van der Waals surface area contributed by atoms with Crippen LogP contribution in [-0.2, 0) is 9.59 Å². The van der Waals surface area contributed by atoms with Crippen LogP contribution in [0.25, 0.3) is 5.57 Å². The van der Waals surface area contributed by atoms with Crippen molar-refractivity contribution in [3.8, 4) is 11.5 Å². The van der Waals surface area contributed by atoms with Gasteiger partial charge in [-0.15, -0.1) is 0 Å². The normalized spacial score (nSPS) is 13.6. The quantitative estimate of drug-likeness (QED) is 0.579. The summed E-state index contributed by atoms with van der Waals surface area (Å²) < 4.78 is 24.1. The number of aryl methyl sites for hydroxylation is 1. The zero-order valence-electron chi connectivity index (χ0n) is 17.8. The van der Waals surface area contributed by atoms with Gasteiger partial charge in [0, 0.05) is 0 Å². The van der Waals surface area contributed by atoms with Crippen molar-refractivity contribution in [3.05, 3.63) is 89.4 Å². The van der Waals surface area contributed by atoms with Crippen molar-refractivity contribution in [1.29, 1.82) is 0 Å². The number of carbonyl (C=O) groups is 2. The van der Waals surface area contributed by atoms with E-state index in [0.29, 0.717) is 28.4 Å². The first-order valence-corrected chi connectivity index (χ1v) is 9.87. The van der Waals surface area contributed by atoms with Gasteiger partial charge in [-0.05, 0) is 66.6 Å². The molecule has 162 valence electrons. The molecule has 0 unspecified atom stereocenters. The smallest absolute Gasteiger partial charge is 0.282 e. The van der Waals surface area contributed by atoms with Crippen molar-refractivity contribution in [2.24, 2.45) is 0 Å². The summed E-state index contributed by atoms with van der Waals surface area (Å²) in [5, 5.41) is 3.09. The van der Waals surface area contributed by atoms with Crippen LogP contribution < -0.4 is 19.7 Å². The van der Waals surface area contributed by atoms with E-state index in [1.807, 2.05) is 19.1 Å². The van der Waals surface area contributed by atoms with Crippen LogP contribution in [0.1, 0.15) is 11.1 Å². The Morgan fingerprint density at radius 2 is 1.53 bits per heavy atom. The third-order valence-electron chi connectivity index (χ3n) is 5.16. The van der Waals surface area contributed by atoms with Gasteiger partial charge in [0.05, 0.1) is 31.2 Å². The maximum atomic E-state index is 13.5. The SMILES string of the molecule is COc1ccc(N2C(=O)C(Nc3cc(C)ccc3OC)=C(c3ccc(F)cc3)C2=O)cc1. The molecule has 1 heterocycles. The maximum Gasteiger partial charge on any atom is 0.282 e. The lowest BCUT2D eigenvalue weighted by atomic mass is 10.0. The number of nitrogens with one attached hydrogen (secondary N) is 1. The average Bonchev–Trinajstić information content (AvgIpc) is 3.04. The van der Waals surface area contributed by atoms with Crippen LogP contribution in [0.5, 0.6) is 11.5 Å². The first kappa shape index (κ1) is 21.1. The van der Waals surface area contributed by atoms with Gasteiger partial charge in [0.15, 0.2) is 0 Å². The average molecular weight is 432 g/mol. The summed E-state index contributed by atoms with van der Waals surface area (Å²) in [4.78, 5) is 28.0. The molecule has 0 spiro atoms. The Morgan fingerprint density at radius 3 is 2.16 bits per heavy atom. The number of hydrogen-bond acceptors (Lipinski definition) is 5. The molecule has 0 atom stereocenters. The molecule has 1 N–H and O–H groups in total. The molecule has 3 aromatic rings. The molecule has 7 heteroatoms. The van der Waals surface area contributed by atoms with Gasteiger partial charge in [0.2, 0.25) is 0 Å². The minimum Gasteiger partial charge on any atom is -0.497 e. The number of methoxy groups -OCH3 is 2. The number of anilines is 2. The minimum absolute atomic E-state index is 0.0846. The Hall–Kier alpha value is -4.13. The summed E-state index contributed by atoms with van der Waals surface area (Å²) in [6, 6.07) is 17.5. The first-order valence-electron chi connectivity index (χ1n) is 9.87. The molecule has 4 rings (SSSR count). The molecule has 1 aliphatic heterocycles. The van der Waals surface area contributed by atoms with E-state index in [1.165, 1.54) is 38.5 Å². The van der Waals surface area contributed by atoms with Crippen molar-refractivity contribution in [1.82, 2.24) is 0 Å². The molecule has 0 saturated heterocycles. The monoisotopic (exact) mass is 432 g/mol. The molecular formula is C25H21FN2O4. The Labute approximate surface area is 184 Å². The number of hydrogen-bond donors (Lipinski definition) is 1. The third kappa shape index (κ3) is 3.80. The number of ether oxygens (including phenoxy) is 2. The van der Waals surface area contributed by atoms with Crippen LogP contribution in [0.4, 0.5) is 15.8 Å². The second-order valence-electron chi connectivity index (χ2n) is 7.23. The second kappa shape index (κ2) is 8.55. The zero-order valence-corrected chi connectivity index (χ0v) is 17.8. The molecule has 0 aliphatic carbocycles. The summed E-state index contributed by atoms with van der Waals surface area (Å²) in [5.74, 6) is -0.357. The fourth-order valence-corrected chi connectivity index (χ4v) is 3.55. The van der Waals surface area contributed by atoms with Crippen LogP contribution in [0.2, 0.25) is 0 Å². The van der Waals surface area contributed by atoms with E-state index in [2.05, 4.69) is 5.32 Å². The van der Waals surface area contributed by atoms with Gasteiger partial charge in [-0.25, -0.2) is 9.29 Å². The predicted octanol–water partition coefficient (Wildman–Crippen LogP) is 4.55. The van der Waals surface area contributed by atoms with Crippen LogP contribution in [0.3, 0.4) is 0 Å². The van der Waals surface area contributed by atoms with E-state index in [9.17, 15) is 14.0 Å². The molecule has 0 bridgehead atoms. The molecule has 1 aliphatic rings. The molecule has 32 heavy (non-hydrogen) atoms. The third-order valence-corrected chi connectivity index (χ3v) is 5.16. The Morgan fingerprint density at radius 1 is 0.844 bits per heavy atom. The lowest BCUT2D eigenvalue weighted by Gasteiger charge is -2.16. The van der Waals surface area contributed by atoms with Crippen LogP contribution in [-0.4, -0.2) is 26.0 Å². The Bertz CT molecular complexity index is 1220. The molecule has 0 saturated carbocycles. The van der Waals surface area contributed by atoms with Crippen LogP contribution in [0.15, 0.2) is 72.4 Å². The van der Waals surface area contributed by atoms with Crippen molar-refractivity contribution in [3.63, 3.8) is 0 Å². The van der Waals surface area contributed by atoms with E-state index >= 15 is 0 Å². The second-order valence-corrected chi connectivity index (χ2v) is 7.23. The van der Waals surface area contributed by atoms with Gasteiger partial charge in [-0.3, -0.25) is 9.59 Å². The largest absolute Gasteiger partial charge is 0.497 e. The van der Waals surface area contributed by atoms with Crippen molar-refractivity contribution >= 4 is 28.8 Å². The molecule has 6 nitrogen and oxygen atoms in total. The molecule has 0 fully saturated rings. The summed E-state index contributed by atoms with van der Waals surface area (Å²) >= 11 is 0. The van der Waals surface area contributed by atoms with E-state index in [-0.39, 0.29) is 11.3 Å². The number of nitrogens with zero attached hydrogens (tertiary/aromatic N) is 1. The van der Waals surface area contributed by atoms with E-state index in [4.69, 9.17) is 9.47 Å². The standard InChI is InChI=1S/C25H21FN2O4/c1-15-4-13-21(32-3)20(14-15)27-23-22(16-5-7-17(26)8-6-16)24(29)28(25(23)30)18-9-11-19(31-2)12-10-18/h4-14,27H,1-3H3. The number of carbonyl (C=O) groups excluding carboxylic acids is 2. The van der Waals surface area contributed by atoms with Gasteiger partial charge in [-0.1, -0.05) is 18.2 Å². The molecule has 2 amide bonds. The van der Waals surface area contributed by atoms with E-state index < -0.39 is 17.6 Å². The minimum atomic E-state index is -0.525. The highest BCUT2D eigenvalue weighted by Gasteiger charge is 2.40.